The van der Waals surface area contributed by atoms with Crippen LogP contribution in [-0.2, 0) is 14.6 Å². The van der Waals surface area contributed by atoms with E-state index >= 15 is 0 Å². The largest absolute Gasteiger partial charge is 0.343 e. The molecule has 8 heteroatoms. The molecule has 0 aromatic carbocycles. The van der Waals surface area contributed by atoms with E-state index in [1.807, 2.05) is 22.9 Å². The van der Waals surface area contributed by atoms with Gasteiger partial charge >= 0.3 is 0 Å². The summed E-state index contributed by atoms with van der Waals surface area (Å²) in [6.07, 6.45) is 4.84. The number of amides is 1. The van der Waals surface area contributed by atoms with Crippen LogP contribution in [0.5, 0.6) is 0 Å². The fraction of sp³-hybridized carbons (Fsp3) is 0.750. The summed E-state index contributed by atoms with van der Waals surface area (Å²) in [4.78, 5) is 16.4. The molecule has 1 amide bonds. The van der Waals surface area contributed by atoms with Crippen LogP contribution >= 0.6 is 0 Å². The summed E-state index contributed by atoms with van der Waals surface area (Å²) in [5.41, 5.74) is 1.16. The summed E-state index contributed by atoms with van der Waals surface area (Å²) < 4.78 is 23.1. The summed E-state index contributed by atoms with van der Waals surface area (Å²) in [6.45, 7) is 2.19. The molecule has 1 aromatic rings. The van der Waals surface area contributed by atoms with Gasteiger partial charge in [0.15, 0.2) is 9.84 Å². The standard InChI is InChI=1S/C16H26N4O3S/c1-19(14-6-11-24(22,23)12-14)8-5-16(21)20-9-3-13(4-10-20)15-2-7-17-18-15/h2,7,13-14H,3-6,8-12H2,1H3,(H,17,18)/t14-/m1/s1. The molecule has 0 unspecified atom stereocenters. The van der Waals surface area contributed by atoms with Gasteiger partial charge in [-0.15, -0.1) is 0 Å². The van der Waals surface area contributed by atoms with Crippen LogP contribution in [0.2, 0.25) is 0 Å². The predicted molar refractivity (Wildman–Crippen MR) is 91.4 cm³/mol. The molecule has 1 aromatic heterocycles. The maximum absolute atomic E-state index is 12.4. The molecule has 1 N–H and O–H groups in total. The number of hydrogen-bond donors (Lipinski definition) is 1. The lowest BCUT2D eigenvalue weighted by Gasteiger charge is -2.32. The first-order valence-corrected chi connectivity index (χ1v) is 10.4. The van der Waals surface area contributed by atoms with Crippen LogP contribution in [0.25, 0.3) is 0 Å². The van der Waals surface area contributed by atoms with Crippen molar-refractivity contribution in [3.8, 4) is 0 Å². The Labute approximate surface area is 143 Å². The highest BCUT2D eigenvalue weighted by molar-refractivity contribution is 7.91. The predicted octanol–water partition coefficient (Wildman–Crippen LogP) is 0.625. The molecule has 2 saturated heterocycles. The molecule has 0 aliphatic carbocycles. The SMILES string of the molecule is CN(CCC(=O)N1CCC(c2ccn[nH]2)CC1)[C@@H]1CCS(=O)(=O)C1. The lowest BCUT2D eigenvalue weighted by molar-refractivity contribution is -0.132. The van der Waals surface area contributed by atoms with Gasteiger partial charge in [0, 0.05) is 49.9 Å². The average Bonchev–Trinajstić information content (AvgIpc) is 3.22. The molecule has 0 radical (unpaired) electrons. The number of aromatic amines is 1. The second-order valence-electron chi connectivity index (χ2n) is 6.95. The van der Waals surface area contributed by atoms with Crippen molar-refractivity contribution in [3.05, 3.63) is 18.0 Å². The molecule has 3 rings (SSSR count). The summed E-state index contributed by atoms with van der Waals surface area (Å²) in [5.74, 6) is 1.14. The number of aromatic nitrogens is 2. The minimum absolute atomic E-state index is 0.0638. The van der Waals surface area contributed by atoms with Gasteiger partial charge in [-0.05, 0) is 32.4 Å². The van der Waals surface area contributed by atoms with Crippen LogP contribution in [0.4, 0.5) is 0 Å². The smallest absolute Gasteiger partial charge is 0.223 e. The Morgan fingerprint density at radius 2 is 2.12 bits per heavy atom. The van der Waals surface area contributed by atoms with E-state index in [0.717, 1.165) is 31.6 Å². The maximum atomic E-state index is 12.4. The highest BCUT2D eigenvalue weighted by atomic mass is 32.2. The molecular formula is C16H26N4O3S. The van der Waals surface area contributed by atoms with Gasteiger partial charge in [-0.3, -0.25) is 9.89 Å². The van der Waals surface area contributed by atoms with Crippen molar-refractivity contribution in [1.29, 1.82) is 0 Å². The summed E-state index contributed by atoms with van der Waals surface area (Å²) in [5, 5.41) is 7.01. The topological polar surface area (TPSA) is 86.4 Å². The van der Waals surface area contributed by atoms with Gasteiger partial charge in [0.2, 0.25) is 5.91 Å². The Morgan fingerprint density at radius 3 is 2.71 bits per heavy atom. The van der Waals surface area contributed by atoms with Crippen molar-refractivity contribution < 1.29 is 13.2 Å². The summed E-state index contributed by atoms with van der Waals surface area (Å²) >= 11 is 0. The molecule has 24 heavy (non-hydrogen) atoms. The van der Waals surface area contributed by atoms with Crippen LogP contribution in [0.15, 0.2) is 12.3 Å². The van der Waals surface area contributed by atoms with Crippen molar-refractivity contribution in [2.45, 2.75) is 37.6 Å². The van der Waals surface area contributed by atoms with Gasteiger partial charge < -0.3 is 9.80 Å². The van der Waals surface area contributed by atoms with Gasteiger partial charge in [-0.2, -0.15) is 5.10 Å². The molecule has 2 fully saturated rings. The zero-order chi connectivity index (χ0) is 17.2. The number of nitrogens with one attached hydrogen (secondary N) is 1. The maximum Gasteiger partial charge on any atom is 0.223 e. The third kappa shape index (κ3) is 4.16. The first kappa shape index (κ1) is 17.4. The van der Waals surface area contributed by atoms with E-state index in [0.29, 0.717) is 25.3 Å². The number of likely N-dealkylation sites (tertiary alicyclic amines) is 1. The Hall–Kier alpha value is -1.41. The Balaban J connectivity index is 1.41. The molecule has 3 heterocycles. The highest BCUT2D eigenvalue weighted by Gasteiger charge is 2.31. The molecule has 0 saturated carbocycles. The van der Waals surface area contributed by atoms with Crippen LogP contribution in [0.1, 0.15) is 37.3 Å². The number of sulfone groups is 1. The van der Waals surface area contributed by atoms with E-state index in [4.69, 9.17) is 0 Å². The quantitative estimate of drug-likeness (QED) is 0.838. The molecular weight excluding hydrogens is 328 g/mol. The number of rotatable bonds is 5. The Kier molecular flexibility index (Phi) is 5.24. The first-order valence-electron chi connectivity index (χ1n) is 8.62. The highest BCUT2D eigenvalue weighted by Crippen LogP contribution is 2.26. The normalized spacial score (nSPS) is 24.6. The van der Waals surface area contributed by atoms with E-state index in [1.54, 1.807) is 6.20 Å². The molecule has 2 aliphatic heterocycles. The third-order valence-corrected chi connectivity index (χ3v) is 7.07. The number of nitrogens with zero attached hydrogens (tertiary/aromatic N) is 3. The second-order valence-corrected chi connectivity index (χ2v) is 9.18. The van der Waals surface area contributed by atoms with E-state index < -0.39 is 9.84 Å². The van der Waals surface area contributed by atoms with E-state index in [2.05, 4.69) is 10.2 Å². The monoisotopic (exact) mass is 354 g/mol. The Bertz CT molecular complexity index is 651. The molecule has 7 nitrogen and oxygen atoms in total. The van der Waals surface area contributed by atoms with Gasteiger partial charge in [-0.1, -0.05) is 0 Å². The van der Waals surface area contributed by atoms with Crippen LogP contribution in [0.3, 0.4) is 0 Å². The number of carbonyl (C=O) groups is 1. The van der Waals surface area contributed by atoms with Gasteiger partial charge in [0.05, 0.1) is 11.5 Å². The van der Waals surface area contributed by atoms with Crippen molar-refractivity contribution in [2.24, 2.45) is 0 Å². The fourth-order valence-corrected chi connectivity index (χ4v) is 5.47. The van der Waals surface area contributed by atoms with Gasteiger partial charge in [0.25, 0.3) is 0 Å². The molecule has 134 valence electrons. The molecule has 0 bridgehead atoms. The van der Waals surface area contributed by atoms with E-state index in [1.165, 1.54) is 0 Å². The summed E-state index contributed by atoms with van der Waals surface area (Å²) in [6, 6.07) is 2.07. The lowest BCUT2D eigenvalue weighted by atomic mass is 9.93. The van der Waals surface area contributed by atoms with Crippen molar-refractivity contribution in [1.82, 2.24) is 20.0 Å². The van der Waals surface area contributed by atoms with Crippen molar-refractivity contribution in [3.63, 3.8) is 0 Å². The zero-order valence-corrected chi connectivity index (χ0v) is 15.0. The first-order chi connectivity index (χ1) is 11.4. The summed E-state index contributed by atoms with van der Waals surface area (Å²) in [7, 11) is -0.952. The van der Waals surface area contributed by atoms with Crippen LogP contribution in [-0.4, -0.2) is 78.6 Å². The number of hydrogen-bond acceptors (Lipinski definition) is 5. The van der Waals surface area contributed by atoms with Crippen molar-refractivity contribution >= 4 is 15.7 Å². The number of H-pyrrole nitrogens is 1. The molecule has 0 spiro atoms. The minimum Gasteiger partial charge on any atom is -0.343 e. The Morgan fingerprint density at radius 1 is 1.38 bits per heavy atom. The number of carbonyl (C=O) groups excluding carboxylic acids is 1. The molecule has 1 atom stereocenters. The average molecular weight is 354 g/mol. The fourth-order valence-electron chi connectivity index (χ4n) is 3.67. The van der Waals surface area contributed by atoms with Crippen molar-refractivity contribution in [2.75, 3.05) is 38.2 Å². The van der Waals surface area contributed by atoms with E-state index in [9.17, 15) is 13.2 Å². The van der Waals surface area contributed by atoms with Crippen LogP contribution in [0, 0.1) is 0 Å². The van der Waals surface area contributed by atoms with Gasteiger partial charge in [-0.25, -0.2) is 8.42 Å². The van der Waals surface area contributed by atoms with Gasteiger partial charge in [0.1, 0.15) is 0 Å². The third-order valence-electron chi connectivity index (χ3n) is 5.32. The lowest BCUT2D eigenvalue weighted by Crippen LogP contribution is -2.41. The second kappa shape index (κ2) is 7.23. The minimum atomic E-state index is -2.87. The molecule has 2 aliphatic rings. The van der Waals surface area contributed by atoms with E-state index in [-0.39, 0.29) is 23.5 Å². The van der Waals surface area contributed by atoms with Crippen LogP contribution < -0.4 is 0 Å². The number of piperidine rings is 1. The zero-order valence-electron chi connectivity index (χ0n) is 14.1.